The van der Waals surface area contributed by atoms with E-state index in [1.165, 1.54) is 0 Å². The van der Waals surface area contributed by atoms with Crippen LogP contribution in [0.4, 0.5) is 4.39 Å². The van der Waals surface area contributed by atoms with Gasteiger partial charge in [0.25, 0.3) is 0 Å². The fourth-order valence-electron chi connectivity index (χ4n) is 1.55. The van der Waals surface area contributed by atoms with Crippen molar-refractivity contribution in [1.29, 1.82) is 0 Å². The molecule has 1 fully saturated rings. The maximum atomic E-state index is 13.1. The molecule has 1 nitrogen and oxygen atoms in total. The zero-order chi connectivity index (χ0) is 8.10. The topological polar surface area (TPSA) is 12.0 Å². The summed E-state index contributed by atoms with van der Waals surface area (Å²) in [6, 6.07) is 0.0850. The van der Waals surface area contributed by atoms with E-state index < -0.39 is 6.17 Å². The van der Waals surface area contributed by atoms with E-state index in [4.69, 9.17) is 0 Å². The Morgan fingerprint density at radius 3 is 2.82 bits per heavy atom. The first-order chi connectivity index (χ1) is 5.34. The molecule has 0 spiro atoms. The highest BCUT2D eigenvalue weighted by atomic mass is 19.1. The van der Waals surface area contributed by atoms with Crippen LogP contribution in [0.1, 0.15) is 25.7 Å². The van der Waals surface area contributed by atoms with E-state index in [1.807, 2.05) is 0 Å². The van der Waals surface area contributed by atoms with Gasteiger partial charge >= 0.3 is 0 Å². The first kappa shape index (κ1) is 8.72. The van der Waals surface area contributed by atoms with Crippen LogP contribution in [0, 0.1) is 0 Å². The standard InChI is InChI=1S/C9H16FN/c1-2-7-11-9-6-4-3-5-8(9)10/h2,8-9,11H,1,3-7H2/t8-,9-/m0/s1. The highest BCUT2D eigenvalue weighted by molar-refractivity contribution is 4.83. The van der Waals surface area contributed by atoms with Gasteiger partial charge in [-0.25, -0.2) is 4.39 Å². The van der Waals surface area contributed by atoms with Gasteiger partial charge in [0.05, 0.1) is 0 Å². The molecule has 1 aliphatic rings. The molecule has 1 aliphatic carbocycles. The van der Waals surface area contributed by atoms with Gasteiger partial charge < -0.3 is 5.32 Å². The van der Waals surface area contributed by atoms with Crippen molar-refractivity contribution in [3.63, 3.8) is 0 Å². The number of nitrogens with one attached hydrogen (secondary N) is 1. The van der Waals surface area contributed by atoms with Crippen molar-refractivity contribution in [3.05, 3.63) is 12.7 Å². The normalized spacial score (nSPS) is 31.7. The molecule has 1 rings (SSSR count). The van der Waals surface area contributed by atoms with E-state index in [2.05, 4.69) is 11.9 Å². The molecule has 0 saturated heterocycles. The molecule has 0 aromatic heterocycles. The Kier molecular flexibility index (Phi) is 3.57. The lowest BCUT2D eigenvalue weighted by atomic mass is 9.94. The molecule has 2 heteroatoms. The van der Waals surface area contributed by atoms with Gasteiger partial charge in [-0.3, -0.25) is 0 Å². The highest BCUT2D eigenvalue weighted by Gasteiger charge is 2.23. The minimum absolute atomic E-state index is 0.0850. The van der Waals surface area contributed by atoms with Gasteiger partial charge in [0.1, 0.15) is 6.17 Å². The lowest BCUT2D eigenvalue weighted by Crippen LogP contribution is -2.39. The van der Waals surface area contributed by atoms with Crippen LogP contribution in [-0.4, -0.2) is 18.8 Å². The molecule has 11 heavy (non-hydrogen) atoms. The van der Waals surface area contributed by atoms with Gasteiger partial charge in [-0.2, -0.15) is 0 Å². The molecule has 0 radical (unpaired) electrons. The Balaban J connectivity index is 2.23. The lowest BCUT2D eigenvalue weighted by Gasteiger charge is -2.26. The summed E-state index contributed by atoms with van der Waals surface area (Å²) in [4.78, 5) is 0. The zero-order valence-corrected chi connectivity index (χ0v) is 6.85. The third-order valence-corrected chi connectivity index (χ3v) is 2.21. The molecule has 0 aliphatic heterocycles. The van der Waals surface area contributed by atoms with Crippen molar-refractivity contribution in [1.82, 2.24) is 5.32 Å². The molecule has 0 bridgehead atoms. The number of halogens is 1. The Labute approximate surface area is 67.7 Å². The average Bonchev–Trinajstić information content (AvgIpc) is 2.03. The summed E-state index contributed by atoms with van der Waals surface area (Å²) < 4.78 is 13.1. The highest BCUT2D eigenvalue weighted by Crippen LogP contribution is 2.20. The summed E-state index contributed by atoms with van der Waals surface area (Å²) in [6.07, 6.45) is 5.07. The zero-order valence-electron chi connectivity index (χ0n) is 6.85. The first-order valence-corrected chi connectivity index (χ1v) is 4.33. The van der Waals surface area contributed by atoms with Crippen molar-refractivity contribution in [2.75, 3.05) is 6.54 Å². The summed E-state index contributed by atoms with van der Waals surface area (Å²) in [6.45, 7) is 4.31. The van der Waals surface area contributed by atoms with Gasteiger partial charge in [-0.05, 0) is 12.8 Å². The predicted octanol–water partition coefficient (Wildman–Crippen LogP) is 2.04. The van der Waals surface area contributed by atoms with Crippen LogP contribution in [0.3, 0.4) is 0 Å². The second-order valence-electron chi connectivity index (χ2n) is 3.10. The summed E-state index contributed by atoms with van der Waals surface area (Å²) in [5.41, 5.74) is 0. The van der Waals surface area contributed by atoms with E-state index in [0.717, 1.165) is 32.2 Å². The van der Waals surface area contributed by atoms with Crippen molar-refractivity contribution in [3.8, 4) is 0 Å². The Morgan fingerprint density at radius 1 is 1.45 bits per heavy atom. The van der Waals surface area contributed by atoms with Crippen LogP contribution >= 0.6 is 0 Å². The van der Waals surface area contributed by atoms with Gasteiger partial charge in [-0.15, -0.1) is 6.58 Å². The maximum absolute atomic E-state index is 13.1. The van der Waals surface area contributed by atoms with Gasteiger partial charge in [0, 0.05) is 12.6 Å². The lowest BCUT2D eigenvalue weighted by molar-refractivity contribution is 0.193. The largest absolute Gasteiger partial charge is 0.308 e. The Hall–Kier alpha value is -0.370. The van der Waals surface area contributed by atoms with Gasteiger partial charge in [0.15, 0.2) is 0 Å². The second kappa shape index (κ2) is 4.50. The molecular formula is C9H16FN. The molecule has 0 heterocycles. The van der Waals surface area contributed by atoms with Crippen molar-refractivity contribution < 1.29 is 4.39 Å². The Morgan fingerprint density at radius 2 is 2.18 bits per heavy atom. The molecule has 1 saturated carbocycles. The van der Waals surface area contributed by atoms with Crippen LogP contribution in [0.25, 0.3) is 0 Å². The summed E-state index contributed by atoms with van der Waals surface area (Å²) in [7, 11) is 0. The van der Waals surface area contributed by atoms with E-state index in [9.17, 15) is 4.39 Å². The van der Waals surface area contributed by atoms with E-state index in [-0.39, 0.29) is 6.04 Å². The Bertz CT molecular complexity index is 125. The monoisotopic (exact) mass is 157 g/mol. The average molecular weight is 157 g/mol. The van der Waals surface area contributed by atoms with Crippen LogP contribution in [-0.2, 0) is 0 Å². The molecule has 0 amide bonds. The summed E-state index contributed by atoms with van der Waals surface area (Å²) in [5, 5.41) is 3.13. The number of hydrogen-bond acceptors (Lipinski definition) is 1. The number of hydrogen-bond donors (Lipinski definition) is 1. The van der Waals surface area contributed by atoms with Crippen LogP contribution in [0.2, 0.25) is 0 Å². The fraction of sp³-hybridized carbons (Fsp3) is 0.778. The van der Waals surface area contributed by atoms with Crippen molar-refractivity contribution in [2.45, 2.75) is 37.9 Å². The first-order valence-electron chi connectivity index (χ1n) is 4.33. The molecular weight excluding hydrogens is 141 g/mol. The minimum Gasteiger partial charge on any atom is -0.308 e. The van der Waals surface area contributed by atoms with Gasteiger partial charge in [0.2, 0.25) is 0 Å². The maximum Gasteiger partial charge on any atom is 0.115 e. The fourth-order valence-corrected chi connectivity index (χ4v) is 1.55. The smallest absolute Gasteiger partial charge is 0.115 e. The van der Waals surface area contributed by atoms with Crippen molar-refractivity contribution in [2.24, 2.45) is 0 Å². The van der Waals surface area contributed by atoms with Crippen molar-refractivity contribution >= 4 is 0 Å². The quantitative estimate of drug-likeness (QED) is 0.618. The third-order valence-electron chi connectivity index (χ3n) is 2.21. The third kappa shape index (κ3) is 2.62. The summed E-state index contributed by atoms with van der Waals surface area (Å²) >= 11 is 0. The number of rotatable bonds is 3. The molecule has 0 aromatic carbocycles. The molecule has 1 N–H and O–H groups in total. The second-order valence-corrected chi connectivity index (χ2v) is 3.10. The van der Waals surface area contributed by atoms with E-state index in [1.54, 1.807) is 6.08 Å². The molecule has 64 valence electrons. The van der Waals surface area contributed by atoms with Gasteiger partial charge in [-0.1, -0.05) is 18.9 Å². The van der Waals surface area contributed by atoms with Crippen LogP contribution in [0.5, 0.6) is 0 Å². The summed E-state index contributed by atoms with van der Waals surface area (Å²) in [5.74, 6) is 0. The minimum atomic E-state index is -0.635. The predicted molar refractivity (Wildman–Crippen MR) is 45.4 cm³/mol. The molecule has 0 aromatic rings. The molecule has 0 unspecified atom stereocenters. The number of alkyl halides is 1. The van der Waals surface area contributed by atoms with E-state index >= 15 is 0 Å². The molecule has 2 atom stereocenters. The van der Waals surface area contributed by atoms with Crippen LogP contribution < -0.4 is 5.32 Å². The SMILES string of the molecule is C=CCN[C@H]1CCCC[C@@H]1F. The van der Waals surface area contributed by atoms with Crippen LogP contribution in [0.15, 0.2) is 12.7 Å². The van der Waals surface area contributed by atoms with E-state index in [0.29, 0.717) is 0 Å².